The van der Waals surface area contributed by atoms with Gasteiger partial charge >= 0.3 is 0 Å². The molecule has 1 saturated carbocycles. The van der Waals surface area contributed by atoms with Gasteiger partial charge in [-0.15, -0.1) is 0 Å². The van der Waals surface area contributed by atoms with Crippen LogP contribution in [0.15, 0.2) is 58.4 Å². The van der Waals surface area contributed by atoms with Crippen LogP contribution in [0, 0.1) is 0 Å². The van der Waals surface area contributed by atoms with Crippen LogP contribution < -0.4 is 5.56 Å². The van der Waals surface area contributed by atoms with Crippen molar-refractivity contribution in [2.45, 2.75) is 31.0 Å². The highest BCUT2D eigenvalue weighted by atomic mass is 35.5. The first-order chi connectivity index (χ1) is 14.0. The molecule has 1 fully saturated rings. The maximum atomic E-state index is 15.1. The lowest BCUT2D eigenvalue weighted by molar-refractivity contribution is 0.0336. The second-order valence-corrected chi connectivity index (χ2v) is 7.63. The fourth-order valence-corrected chi connectivity index (χ4v) is 3.78. The highest BCUT2D eigenvalue weighted by Gasteiger charge is 2.48. The number of nitrogens with zero attached hydrogens (tertiary/aromatic N) is 5. The molecule has 0 bridgehead atoms. The topological polar surface area (TPSA) is 86.7 Å². The van der Waals surface area contributed by atoms with Crippen molar-refractivity contribution < 1.29 is 8.91 Å². The molecular formula is C20H15ClFN5O2. The molecule has 1 aromatic carbocycles. The van der Waals surface area contributed by atoms with Gasteiger partial charge in [0.25, 0.3) is 5.56 Å². The number of halogens is 2. The Morgan fingerprint density at radius 3 is 2.83 bits per heavy atom. The number of aromatic nitrogens is 5. The average molecular weight is 412 g/mol. The van der Waals surface area contributed by atoms with E-state index in [0.29, 0.717) is 27.3 Å². The van der Waals surface area contributed by atoms with Gasteiger partial charge in [0, 0.05) is 17.1 Å². The van der Waals surface area contributed by atoms with E-state index in [2.05, 4.69) is 20.1 Å². The van der Waals surface area contributed by atoms with Crippen LogP contribution in [0.1, 0.15) is 36.0 Å². The number of pyridine rings is 1. The van der Waals surface area contributed by atoms with E-state index in [0.717, 1.165) is 0 Å². The normalized spacial score (nSPS) is 21.2. The van der Waals surface area contributed by atoms with Crippen molar-refractivity contribution in [3.05, 3.63) is 81.7 Å². The molecule has 0 atom stereocenters. The molecule has 1 aliphatic carbocycles. The van der Waals surface area contributed by atoms with Crippen LogP contribution in [0.2, 0.25) is 5.02 Å². The Hall–Kier alpha value is -3.13. The number of fused-ring (bicyclic) bond motifs is 1. The molecule has 0 unspecified atom stereocenters. The lowest BCUT2D eigenvalue weighted by atomic mass is 9.68. The van der Waals surface area contributed by atoms with Crippen LogP contribution in [0.25, 0.3) is 10.9 Å². The van der Waals surface area contributed by atoms with E-state index >= 15 is 4.39 Å². The first-order valence-corrected chi connectivity index (χ1v) is 9.46. The summed E-state index contributed by atoms with van der Waals surface area (Å²) in [6.07, 6.45) is 5.05. The highest BCUT2D eigenvalue weighted by Crippen LogP contribution is 2.53. The summed E-state index contributed by atoms with van der Waals surface area (Å²) >= 11 is 5.87. The third-order valence-corrected chi connectivity index (χ3v) is 5.54. The van der Waals surface area contributed by atoms with Crippen LogP contribution in [0.4, 0.5) is 4.39 Å². The highest BCUT2D eigenvalue weighted by molar-refractivity contribution is 6.30. The third-order valence-electron chi connectivity index (χ3n) is 5.28. The van der Waals surface area contributed by atoms with Gasteiger partial charge in [0.1, 0.15) is 12.2 Å². The van der Waals surface area contributed by atoms with Gasteiger partial charge in [0.2, 0.25) is 5.89 Å². The molecule has 0 amide bonds. The predicted octanol–water partition coefficient (Wildman–Crippen LogP) is 3.62. The molecule has 3 heterocycles. The molecule has 146 valence electrons. The number of hydrogen-bond acceptors (Lipinski definition) is 6. The van der Waals surface area contributed by atoms with Crippen molar-refractivity contribution in [2.75, 3.05) is 0 Å². The maximum absolute atomic E-state index is 15.1. The van der Waals surface area contributed by atoms with Gasteiger partial charge in [-0.1, -0.05) is 28.9 Å². The fraction of sp³-hybridized carbons (Fsp3) is 0.250. The Balaban J connectivity index is 1.32. The predicted molar refractivity (Wildman–Crippen MR) is 103 cm³/mol. The maximum Gasteiger partial charge on any atom is 0.261 e. The zero-order chi connectivity index (χ0) is 20.0. The van der Waals surface area contributed by atoms with E-state index in [1.807, 2.05) is 0 Å². The van der Waals surface area contributed by atoms with Crippen molar-refractivity contribution in [3.63, 3.8) is 0 Å². The largest absolute Gasteiger partial charge is 0.337 e. The van der Waals surface area contributed by atoms with Crippen LogP contribution >= 0.6 is 11.6 Å². The molecule has 1 aliphatic rings. The summed E-state index contributed by atoms with van der Waals surface area (Å²) in [5, 5.41) is 5.02. The van der Waals surface area contributed by atoms with Crippen molar-refractivity contribution in [3.8, 4) is 0 Å². The van der Waals surface area contributed by atoms with Crippen molar-refractivity contribution in [1.29, 1.82) is 0 Å². The van der Waals surface area contributed by atoms with Gasteiger partial charge in [0.15, 0.2) is 5.82 Å². The lowest BCUT2D eigenvalue weighted by Crippen LogP contribution is -2.36. The number of hydrogen-bond donors (Lipinski definition) is 0. The van der Waals surface area contributed by atoms with Gasteiger partial charge < -0.3 is 4.52 Å². The Labute approximate surface area is 169 Å². The summed E-state index contributed by atoms with van der Waals surface area (Å²) < 4.78 is 21.8. The van der Waals surface area contributed by atoms with E-state index in [-0.39, 0.29) is 36.8 Å². The monoisotopic (exact) mass is 411 g/mol. The molecule has 4 aromatic rings. The summed E-state index contributed by atoms with van der Waals surface area (Å²) in [6.45, 7) is 0.0990. The number of rotatable bonds is 4. The third kappa shape index (κ3) is 3.19. The molecule has 9 heteroatoms. The zero-order valence-corrected chi connectivity index (χ0v) is 15.9. The summed E-state index contributed by atoms with van der Waals surface area (Å²) in [7, 11) is 0. The molecule has 0 aliphatic heterocycles. The minimum atomic E-state index is -1.41. The molecule has 0 saturated heterocycles. The van der Waals surface area contributed by atoms with Crippen LogP contribution in [-0.4, -0.2) is 24.7 Å². The number of benzene rings is 1. The van der Waals surface area contributed by atoms with E-state index in [1.165, 1.54) is 17.1 Å². The summed E-state index contributed by atoms with van der Waals surface area (Å²) in [5.41, 5.74) is -0.504. The zero-order valence-electron chi connectivity index (χ0n) is 15.1. The van der Waals surface area contributed by atoms with E-state index in [4.69, 9.17) is 16.1 Å². The fourth-order valence-electron chi connectivity index (χ4n) is 3.65. The molecular weight excluding hydrogens is 397 g/mol. The molecule has 3 aromatic heterocycles. The Morgan fingerprint density at radius 1 is 1.24 bits per heavy atom. The van der Waals surface area contributed by atoms with Crippen LogP contribution in [0.3, 0.4) is 0 Å². The summed E-state index contributed by atoms with van der Waals surface area (Å²) in [6, 6.07) is 8.39. The molecule has 5 rings (SSSR count). The average Bonchev–Trinajstić information content (AvgIpc) is 3.16. The van der Waals surface area contributed by atoms with Gasteiger partial charge in [-0.05, 0) is 36.6 Å². The van der Waals surface area contributed by atoms with Crippen molar-refractivity contribution in [1.82, 2.24) is 24.7 Å². The van der Waals surface area contributed by atoms with Gasteiger partial charge in [-0.3, -0.25) is 14.3 Å². The molecule has 0 radical (unpaired) electrons. The van der Waals surface area contributed by atoms with Gasteiger partial charge in [-0.25, -0.2) is 9.37 Å². The SMILES string of the molecule is O=c1c2ccncc2ncn1Cc1nc(C2CC(F)(c3ccc(Cl)cc3)C2)no1. The van der Waals surface area contributed by atoms with Crippen molar-refractivity contribution in [2.24, 2.45) is 0 Å². The first-order valence-electron chi connectivity index (χ1n) is 9.08. The van der Waals surface area contributed by atoms with Crippen LogP contribution in [0.5, 0.6) is 0 Å². The van der Waals surface area contributed by atoms with E-state index in [9.17, 15) is 4.79 Å². The minimum absolute atomic E-state index is 0.0990. The molecule has 29 heavy (non-hydrogen) atoms. The minimum Gasteiger partial charge on any atom is -0.337 e. The smallest absolute Gasteiger partial charge is 0.261 e. The summed E-state index contributed by atoms with van der Waals surface area (Å²) in [4.78, 5) is 25.1. The first kappa shape index (κ1) is 17.9. The van der Waals surface area contributed by atoms with E-state index < -0.39 is 5.67 Å². The molecule has 0 spiro atoms. The second kappa shape index (κ2) is 6.73. The van der Waals surface area contributed by atoms with Gasteiger partial charge in [0.05, 0.1) is 23.4 Å². The lowest BCUT2D eigenvalue weighted by Gasteiger charge is -2.40. The second-order valence-electron chi connectivity index (χ2n) is 7.19. The quantitative estimate of drug-likeness (QED) is 0.509. The van der Waals surface area contributed by atoms with Crippen molar-refractivity contribution >= 4 is 22.5 Å². The van der Waals surface area contributed by atoms with Gasteiger partial charge in [-0.2, -0.15) is 4.98 Å². The molecule has 0 N–H and O–H groups in total. The summed E-state index contributed by atoms with van der Waals surface area (Å²) in [5.74, 6) is 0.596. The molecule has 7 nitrogen and oxygen atoms in total. The Bertz CT molecular complexity index is 1250. The van der Waals surface area contributed by atoms with Crippen LogP contribution in [-0.2, 0) is 12.2 Å². The Morgan fingerprint density at radius 2 is 2.03 bits per heavy atom. The van der Waals surface area contributed by atoms with E-state index in [1.54, 1.807) is 36.5 Å². The Kier molecular flexibility index (Phi) is 4.16. The standard InChI is InChI=1S/C20H15ClFN5O2/c21-14-3-1-13(2-4-14)20(22)7-12(8-20)18-25-17(29-26-18)10-27-11-24-16-9-23-6-5-15(16)19(27)28/h1-6,9,11-12H,7-8,10H2. The number of alkyl halides is 1.